The van der Waals surface area contributed by atoms with E-state index in [1.165, 1.54) is 6.07 Å². The number of pyridine rings is 1. The molecule has 0 amide bonds. The maximum Gasteiger partial charge on any atom is 0.153 e. The molecule has 6 heteroatoms. The molecule has 0 unspecified atom stereocenters. The molecule has 0 bridgehead atoms. The number of aromatic nitrogens is 3. The number of nitrogen functional groups attached to an aromatic ring is 1. The highest BCUT2D eigenvalue weighted by Gasteiger charge is 2.17. The van der Waals surface area contributed by atoms with Gasteiger partial charge in [-0.15, -0.1) is 0 Å². The van der Waals surface area contributed by atoms with Crippen LogP contribution in [0.4, 0.5) is 10.2 Å². The number of anilines is 1. The van der Waals surface area contributed by atoms with Gasteiger partial charge in [-0.1, -0.05) is 15.9 Å². The van der Waals surface area contributed by atoms with Gasteiger partial charge in [-0.3, -0.25) is 10.1 Å². The van der Waals surface area contributed by atoms with Crippen LogP contribution < -0.4 is 5.73 Å². The van der Waals surface area contributed by atoms with Crippen molar-refractivity contribution in [2.75, 3.05) is 5.73 Å². The van der Waals surface area contributed by atoms with E-state index in [1.54, 1.807) is 24.5 Å². The predicted octanol–water partition coefficient (Wildman–Crippen LogP) is 3.62. The van der Waals surface area contributed by atoms with E-state index in [2.05, 4.69) is 31.1 Å². The number of nitrogens with two attached hydrogens (primary N) is 1. The van der Waals surface area contributed by atoms with E-state index in [9.17, 15) is 4.39 Å². The first kappa shape index (κ1) is 12.8. The maximum absolute atomic E-state index is 14.1. The number of hydrogen-bond acceptors (Lipinski definition) is 3. The summed E-state index contributed by atoms with van der Waals surface area (Å²) in [6.45, 7) is 0. The average Bonchev–Trinajstić information content (AvgIpc) is 2.81. The van der Waals surface area contributed by atoms with Crippen molar-refractivity contribution in [1.29, 1.82) is 0 Å². The van der Waals surface area contributed by atoms with E-state index in [-0.39, 0.29) is 5.82 Å². The van der Waals surface area contributed by atoms with E-state index in [4.69, 9.17) is 5.73 Å². The molecule has 2 aromatic heterocycles. The molecule has 0 spiro atoms. The van der Waals surface area contributed by atoms with Crippen LogP contribution in [0.1, 0.15) is 0 Å². The van der Waals surface area contributed by atoms with Gasteiger partial charge in [0.15, 0.2) is 5.82 Å². The fourth-order valence-corrected chi connectivity index (χ4v) is 2.39. The summed E-state index contributed by atoms with van der Waals surface area (Å²) in [7, 11) is 0. The molecule has 0 saturated carbocycles. The summed E-state index contributed by atoms with van der Waals surface area (Å²) >= 11 is 3.24. The van der Waals surface area contributed by atoms with Crippen molar-refractivity contribution in [3.8, 4) is 22.4 Å². The van der Waals surface area contributed by atoms with Crippen molar-refractivity contribution in [1.82, 2.24) is 15.2 Å². The van der Waals surface area contributed by atoms with E-state index >= 15 is 0 Å². The second kappa shape index (κ2) is 5.05. The Hall–Kier alpha value is -2.21. The summed E-state index contributed by atoms with van der Waals surface area (Å²) < 4.78 is 14.8. The third-order valence-corrected chi connectivity index (χ3v) is 3.46. The van der Waals surface area contributed by atoms with Crippen molar-refractivity contribution in [2.45, 2.75) is 0 Å². The number of nitrogens with one attached hydrogen (secondary N) is 1. The molecular formula is C14H10BrFN4. The molecule has 100 valence electrons. The Labute approximate surface area is 123 Å². The van der Waals surface area contributed by atoms with Crippen molar-refractivity contribution in [2.24, 2.45) is 0 Å². The molecule has 4 nitrogen and oxygen atoms in total. The Bertz CT molecular complexity index is 755. The lowest BCUT2D eigenvalue weighted by Crippen LogP contribution is -1.90. The molecule has 0 aliphatic heterocycles. The van der Waals surface area contributed by atoms with E-state index < -0.39 is 0 Å². The molecule has 1 aromatic carbocycles. The quantitative estimate of drug-likeness (QED) is 0.753. The highest BCUT2D eigenvalue weighted by atomic mass is 79.9. The van der Waals surface area contributed by atoms with Gasteiger partial charge in [-0.2, -0.15) is 5.10 Å². The molecule has 0 aliphatic rings. The molecular weight excluding hydrogens is 323 g/mol. The third-order valence-electron chi connectivity index (χ3n) is 2.96. The first-order valence-corrected chi connectivity index (χ1v) is 6.66. The Morgan fingerprint density at radius 1 is 1.15 bits per heavy atom. The molecule has 3 N–H and O–H groups in total. The molecule has 2 heterocycles. The minimum Gasteiger partial charge on any atom is -0.382 e. The summed E-state index contributed by atoms with van der Waals surface area (Å²) in [4.78, 5) is 3.96. The first-order valence-electron chi connectivity index (χ1n) is 5.86. The second-order valence-corrected chi connectivity index (χ2v) is 5.13. The van der Waals surface area contributed by atoms with E-state index in [1.807, 2.05) is 12.1 Å². The molecule has 20 heavy (non-hydrogen) atoms. The van der Waals surface area contributed by atoms with Gasteiger partial charge in [-0.05, 0) is 35.9 Å². The monoisotopic (exact) mass is 332 g/mol. The zero-order chi connectivity index (χ0) is 14.1. The van der Waals surface area contributed by atoms with Gasteiger partial charge in [0.2, 0.25) is 0 Å². The smallest absolute Gasteiger partial charge is 0.153 e. The van der Waals surface area contributed by atoms with Crippen LogP contribution in [0.25, 0.3) is 22.4 Å². The van der Waals surface area contributed by atoms with Crippen LogP contribution in [0.2, 0.25) is 0 Å². The largest absolute Gasteiger partial charge is 0.382 e. The van der Waals surface area contributed by atoms with Crippen LogP contribution in [-0.4, -0.2) is 15.2 Å². The molecule has 0 aliphatic carbocycles. The lowest BCUT2D eigenvalue weighted by atomic mass is 10.0. The third kappa shape index (κ3) is 2.18. The molecule has 3 rings (SSSR count). The van der Waals surface area contributed by atoms with Crippen LogP contribution in [0, 0.1) is 5.82 Å². The minimum atomic E-state index is -0.349. The predicted molar refractivity (Wildman–Crippen MR) is 79.3 cm³/mol. The number of aromatic amines is 1. The fraction of sp³-hybridized carbons (Fsp3) is 0. The zero-order valence-corrected chi connectivity index (χ0v) is 11.9. The highest BCUT2D eigenvalue weighted by Crippen LogP contribution is 2.36. The SMILES string of the molecule is Nc1n[nH]c(-c2ccc(Br)cc2F)c1-c1ccncc1. The number of nitrogens with zero attached hydrogens (tertiary/aromatic N) is 2. The van der Waals surface area contributed by atoms with Gasteiger partial charge in [0, 0.05) is 22.4 Å². The van der Waals surface area contributed by atoms with Gasteiger partial charge >= 0.3 is 0 Å². The van der Waals surface area contributed by atoms with Crippen LogP contribution in [0.15, 0.2) is 47.2 Å². The van der Waals surface area contributed by atoms with Gasteiger partial charge in [0.1, 0.15) is 5.82 Å². The molecule has 3 aromatic rings. The molecule has 0 fully saturated rings. The van der Waals surface area contributed by atoms with E-state index in [0.717, 1.165) is 5.56 Å². The Morgan fingerprint density at radius 2 is 1.90 bits per heavy atom. The van der Waals surface area contributed by atoms with Crippen molar-refractivity contribution in [3.05, 3.63) is 53.0 Å². The lowest BCUT2D eigenvalue weighted by molar-refractivity contribution is 0.630. The van der Waals surface area contributed by atoms with Gasteiger partial charge in [0.05, 0.1) is 11.3 Å². The van der Waals surface area contributed by atoms with Crippen LogP contribution in [-0.2, 0) is 0 Å². The van der Waals surface area contributed by atoms with E-state index in [0.29, 0.717) is 27.1 Å². The summed E-state index contributed by atoms with van der Waals surface area (Å²) in [5.41, 5.74) is 8.38. The number of hydrogen-bond donors (Lipinski definition) is 2. The summed E-state index contributed by atoms with van der Waals surface area (Å²) in [6, 6.07) is 8.47. The Morgan fingerprint density at radius 3 is 2.60 bits per heavy atom. The highest BCUT2D eigenvalue weighted by molar-refractivity contribution is 9.10. The Kier molecular flexibility index (Phi) is 3.23. The number of benzene rings is 1. The molecule has 0 saturated heterocycles. The second-order valence-electron chi connectivity index (χ2n) is 4.22. The number of halogens is 2. The summed E-state index contributed by atoms with van der Waals surface area (Å²) in [5.74, 6) is -0.0214. The topological polar surface area (TPSA) is 67.6 Å². The summed E-state index contributed by atoms with van der Waals surface area (Å²) in [5, 5.41) is 6.79. The van der Waals surface area contributed by atoms with Gasteiger partial charge in [-0.25, -0.2) is 4.39 Å². The van der Waals surface area contributed by atoms with Crippen molar-refractivity contribution >= 4 is 21.7 Å². The van der Waals surface area contributed by atoms with Crippen molar-refractivity contribution < 1.29 is 4.39 Å². The minimum absolute atomic E-state index is 0.327. The normalized spacial score (nSPS) is 10.7. The van der Waals surface area contributed by atoms with Crippen LogP contribution >= 0.6 is 15.9 Å². The lowest BCUT2D eigenvalue weighted by Gasteiger charge is -2.06. The van der Waals surface area contributed by atoms with Gasteiger partial charge in [0.25, 0.3) is 0 Å². The Balaban J connectivity index is 2.21. The number of rotatable bonds is 2. The summed E-state index contributed by atoms with van der Waals surface area (Å²) in [6.07, 6.45) is 3.31. The van der Waals surface area contributed by atoms with Gasteiger partial charge < -0.3 is 5.73 Å². The van der Waals surface area contributed by atoms with Crippen LogP contribution in [0.5, 0.6) is 0 Å². The van der Waals surface area contributed by atoms with Crippen LogP contribution in [0.3, 0.4) is 0 Å². The number of H-pyrrole nitrogens is 1. The molecule has 0 atom stereocenters. The fourth-order valence-electron chi connectivity index (χ4n) is 2.05. The average molecular weight is 333 g/mol. The standard InChI is InChI=1S/C14H10BrFN4/c15-9-1-2-10(11(16)7-9)13-12(14(17)20-19-13)8-3-5-18-6-4-8/h1-7H,(H3,17,19,20). The zero-order valence-electron chi connectivity index (χ0n) is 10.3. The van der Waals surface area contributed by atoms with Crippen molar-refractivity contribution in [3.63, 3.8) is 0 Å². The molecule has 0 radical (unpaired) electrons. The maximum atomic E-state index is 14.1. The first-order chi connectivity index (χ1) is 9.66.